The minimum atomic E-state index is -1.62. The number of rotatable bonds is 4. The predicted octanol–water partition coefficient (Wildman–Crippen LogP) is 2.20. The molecule has 0 amide bonds. The summed E-state index contributed by atoms with van der Waals surface area (Å²) in [5, 5.41) is 7.55. The van der Waals surface area contributed by atoms with E-state index in [1.807, 2.05) is 0 Å². The zero-order chi connectivity index (χ0) is 12.3. The zero-order valence-corrected chi connectivity index (χ0v) is 10.0. The Kier molecular flexibility index (Phi) is 4.44. The lowest BCUT2D eigenvalue weighted by Gasteiger charge is -2.08. The number of carboxylic acids is 1. The molecule has 0 saturated heterocycles. The quantitative estimate of drug-likeness (QED) is 0.907. The molecule has 1 rings (SSSR count). The maximum absolute atomic E-state index is 13.0. The van der Waals surface area contributed by atoms with E-state index >= 15 is 0 Å². The molecule has 0 aromatic heterocycles. The van der Waals surface area contributed by atoms with E-state index in [4.69, 9.17) is 16.7 Å². The molecule has 0 fully saturated rings. The molecule has 0 radical (unpaired) electrons. The number of halogens is 2. The summed E-state index contributed by atoms with van der Waals surface area (Å²) in [4.78, 5) is 10.6. The molecule has 16 heavy (non-hydrogen) atoms. The van der Waals surface area contributed by atoms with Crippen LogP contribution < -0.4 is 0 Å². The molecule has 6 heteroatoms. The van der Waals surface area contributed by atoms with Gasteiger partial charge in [0.2, 0.25) is 0 Å². The molecule has 1 aromatic carbocycles. The Labute approximate surface area is 99.7 Å². The van der Waals surface area contributed by atoms with E-state index in [9.17, 15) is 13.4 Å². The van der Waals surface area contributed by atoms with E-state index in [1.54, 1.807) is 0 Å². The third kappa shape index (κ3) is 3.02. The zero-order valence-electron chi connectivity index (χ0n) is 8.44. The van der Waals surface area contributed by atoms with Crippen molar-refractivity contribution in [2.75, 3.05) is 0 Å². The fraction of sp³-hybridized carbons (Fsp3) is 0.300. The number of hydrogen-bond acceptors (Lipinski definition) is 2. The smallest absolute Gasteiger partial charge is 0.318 e. The molecule has 2 atom stereocenters. The van der Waals surface area contributed by atoms with Crippen molar-refractivity contribution in [1.82, 2.24) is 0 Å². The molecule has 0 aliphatic heterocycles. The van der Waals surface area contributed by atoms with Crippen LogP contribution in [0.5, 0.6) is 0 Å². The summed E-state index contributed by atoms with van der Waals surface area (Å²) in [5.74, 6) is -1.81. The summed E-state index contributed by atoms with van der Waals surface area (Å²) < 4.78 is 24.6. The van der Waals surface area contributed by atoms with Gasteiger partial charge < -0.3 is 5.11 Å². The number of aliphatic carboxylic acids is 1. The van der Waals surface area contributed by atoms with Gasteiger partial charge in [-0.1, -0.05) is 23.7 Å². The number of hydrogen-bond donors (Lipinski definition) is 1. The van der Waals surface area contributed by atoms with Crippen molar-refractivity contribution in [1.29, 1.82) is 0 Å². The Balaban J connectivity index is 2.85. The number of benzene rings is 1. The van der Waals surface area contributed by atoms with Crippen LogP contribution in [0, 0.1) is 5.82 Å². The summed E-state index contributed by atoms with van der Waals surface area (Å²) in [5.41, 5.74) is 0.355. The van der Waals surface area contributed by atoms with Crippen molar-refractivity contribution in [3.63, 3.8) is 0 Å². The SMILES string of the molecule is CC(C(=O)O)S(=O)Cc1cccc(F)c1Cl. The second-order valence-corrected chi connectivity index (χ2v) is 5.35. The molecule has 0 aliphatic carbocycles. The highest BCUT2D eigenvalue weighted by Crippen LogP contribution is 2.21. The molecule has 0 saturated carbocycles. The average molecular weight is 265 g/mol. The van der Waals surface area contributed by atoms with E-state index in [2.05, 4.69) is 0 Å². The minimum Gasteiger partial charge on any atom is -0.480 e. The fourth-order valence-corrected chi connectivity index (χ4v) is 2.34. The fourth-order valence-electron chi connectivity index (χ4n) is 1.05. The number of carbonyl (C=O) groups is 1. The first kappa shape index (κ1) is 13.1. The van der Waals surface area contributed by atoms with Crippen molar-refractivity contribution in [2.24, 2.45) is 0 Å². The third-order valence-corrected chi connectivity index (χ3v) is 4.08. The largest absolute Gasteiger partial charge is 0.480 e. The Bertz CT molecular complexity index is 436. The topological polar surface area (TPSA) is 54.4 Å². The minimum absolute atomic E-state index is 0.0654. The lowest BCUT2D eigenvalue weighted by Crippen LogP contribution is -2.22. The molecule has 88 valence electrons. The van der Waals surface area contributed by atoms with Crippen LogP contribution in [0.3, 0.4) is 0 Å². The van der Waals surface area contributed by atoms with E-state index in [1.165, 1.54) is 25.1 Å². The maximum Gasteiger partial charge on any atom is 0.318 e. The van der Waals surface area contributed by atoms with Crippen LogP contribution in [0.1, 0.15) is 12.5 Å². The molecular weight excluding hydrogens is 255 g/mol. The molecule has 0 bridgehead atoms. The Morgan fingerprint density at radius 1 is 1.62 bits per heavy atom. The highest BCUT2D eigenvalue weighted by molar-refractivity contribution is 7.85. The van der Waals surface area contributed by atoms with E-state index < -0.39 is 27.8 Å². The van der Waals surface area contributed by atoms with Gasteiger partial charge in [-0.15, -0.1) is 0 Å². The van der Waals surface area contributed by atoms with Crippen molar-refractivity contribution in [3.8, 4) is 0 Å². The first-order valence-electron chi connectivity index (χ1n) is 4.46. The van der Waals surface area contributed by atoms with E-state index in [0.717, 1.165) is 0 Å². The summed E-state index contributed by atoms with van der Waals surface area (Å²) >= 11 is 5.66. The van der Waals surface area contributed by atoms with Gasteiger partial charge in [-0.25, -0.2) is 4.39 Å². The van der Waals surface area contributed by atoms with Gasteiger partial charge in [-0.2, -0.15) is 0 Å². The summed E-state index contributed by atoms with van der Waals surface area (Å²) in [7, 11) is -1.62. The van der Waals surface area contributed by atoms with Crippen LogP contribution in [-0.4, -0.2) is 20.5 Å². The Hall–Kier alpha value is -0.940. The Morgan fingerprint density at radius 2 is 2.25 bits per heavy atom. The van der Waals surface area contributed by atoms with Crippen LogP contribution in [-0.2, 0) is 21.3 Å². The van der Waals surface area contributed by atoms with Gasteiger partial charge >= 0.3 is 5.97 Å². The van der Waals surface area contributed by atoms with Crippen molar-refractivity contribution in [3.05, 3.63) is 34.6 Å². The van der Waals surface area contributed by atoms with Crippen LogP contribution in [0.25, 0.3) is 0 Å². The van der Waals surface area contributed by atoms with Gasteiger partial charge in [0, 0.05) is 10.8 Å². The summed E-state index contributed by atoms with van der Waals surface area (Å²) in [6.45, 7) is 1.34. The molecule has 0 aliphatic rings. The van der Waals surface area contributed by atoms with Gasteiger partial charge in [0.05, 0.1) is 10.8 Å². The normalized spacial score (nSPS) is 14.4. The van der Waals surface area contributed by atoms with Crippen LogP contribution >= 0.6 is 11.6 Å². The highest BCUT2D eigenvalue weighted by Gasteiger charge is 2.20. The van der Waals surface area contributed by atoms with Gasteiger partial charge in [0.15, 0.2) is 0 Å². The van der Waals surface area contributed by atoms with Crippen molar-refractivity contribution in [2.45, 2.75) is 17.9 Å². The molecular formula is C10H10ClFO3S. The van der Waals surface area contributed by atoms with Gasteiger partial charge in [0.25, 0.3) is 0 Å². The maximum atomic E-state index is 13.0. The highest BCUT2D eigenvalue weighted by atomic mass is 35.5. The molecule has 0 heterocycles. The second kappa shape index (κ2) is 5.41. The third-order valence-electron chi connectivity index (χ3n) is 2.07. The second-order valence-electron chi connectivity index (χ2n) is 3.22. The van der Waals surface area contributed by atoms with Crippen LogP contribution in [0.4, 0.5) is 4.39 Å². The van der Waals surface area contributed by atoms with Gasteiger partial charge in [-0.05, 0) is 18.6 Å². The first-order chi connectivity index (χ1) is 7.43. The molecule has 1 aromatic rings. The first-order valence-corrected chi connectivity index (χ1v) is 6.22. The lowest BCUT2D eigenvalue weighted by molar-refractivity contribution is -0.136. The molecule has 1 N–H and O–H groups in total. The molecule has 0 spiro atoms. The standard InChI is InChI=1S/C10H10ClFO3S/c1-6(10(13)14)16(15)5-7-3-2-4-8(12)9(7)11/h2-4,6H,5H2,1H3,(H,13,14). The lowest BCUT2D eigenvalue weighted by atomic mass is 10.2. The summed E-state index contributed by atoms with van der Waals surface area (Å²) in [6, 6.07) is 4.16. The van der Waals surface area contributed by atoms with Gasteiger partial charge in [0.1, 0.15) is 11.1 Å². The van der Waals surface area contributed by atoms with E-state index in [0.29, 0.717) is 5.56 Å². The summed E-state index contributed by atoms with van der Waals surface area (Å²) in [6.07, 6.45) is 0. The van der Waals surface area contributed by atoms with Gasteiger partial charge in [-0.3, -0.25) is 9.00 Å². The molecule has 2 unspecified atom stereocenters. The van der Waals surface area contributed by atoms with Crippen molar-refractivity contribution < 1.29 is 18.5 Å². The molecule has 3 nitrogen and oxygen atoms in total. The van der Waals surface area contributed by atoms with Crippen molar-refractivity contribution >= 4 is 28.4 Å². The average Bonchev–Trinajstić information content (AvgIpc) is 2.23. The van der Waals surface area contributed by atoms with E-state index in [-0.39, 0.29) is 10.8 Å². The predicted molar refractivity (Wildman–Crippen MR) is 60.4 cm³/mol. The monoisotopic (exact) mass is 264 g/mol. The van der Waals surface area contributed by atoms with Crippen LogP contribution in [0.15, 0.2) is 18.2 Å². The number of carboxylic acid groups (broad SMARTS) is 1. The van der Waals surface area contributed by atoms with Crippen LogP contribution in [0.2, 0.25) is 5.02 Å². The Morgan fingerprint density at radius 3 is 2.81 bits per heavy atom.